The molecule has 4 nitrogen and oxygen atoms in total. The van der Waals surface area contributed by atoms with Gasteiger partial charge in [-0.1, -0.05) is 77.5 Å². The van der Waals surface area contributed by atoms with E-state index in [2.05, 4.69) is 21.2 Å². The van der Waals surface area contributed by atoms with E-state index in [-0.39, 0.29) is 29.4 Å². The molecule has 0 saturated carbocycles. The summed E-state index contributed by atoms with van der Waals surface area (Å²) in [4.78, 5) is 28.8. The van der Waals surface area contributed by atoms with Gasteiger partial charge in [-0.25, -0.2) is 4.39 Å². The zero-order valence-electron chi connectivity index (χ0n) is 20.6. The van der Waals surface area contributed by atoms with E-state index in [0.29, 0.717) is 18.7 Å². The van der Waals surface area contributed by atoms with E-state index in [9.17, 15) is 14.0 Å². The van der Waals surface area contributed by atoms with Crippen molar-refractivity contribution in [2.45, 2.75) is 51.1 Å². The van der Waals surface area contributed by atoms with Crippen molar-refractivity contribution in [2.75, 3.05) is 5.75 Å². The minimum Gasteiger partial charge on any atom is -0.352 e. The van der Waals surface area contributed by atoms with Crippen LogP contribution in [0.3, 0.4) is 0 Å². The molecule has 190 valence electrons. The first-order chi connectivity index (χ1) is 17.4. The lowest BCUT2D eigenvalue weighted by molar-refractivity contribution is -0.139. The van der Waals surface area contributed by atoms with Gasteiger partial charge in [0.25, 0.3) is 0 Å². The van der Waals surface area contributed by atoms with Gasteiger partial charge in [-0.15, -0.1) is 11.8 Å². The van der Waals surface area contributed by atoms with Gasteiger partial charge in [-0.2, -0.15) is 0 Å². The van der Waals surface area contributed by atoms with Gasteiger partial charge in [0, 0.05) is 29.2 Å². The van der Waals surface area contributed by atoms with E-state index in [1.165, 1.54) is 23.9 Å². The van der Waals surface area contributed by atoms with E-state index in [1.807, 2.05) is 68.4 Å². The molecule has 0 spiro atoms. The molecule has 0 heterocycles. The van der Waals surface area contributed by atoms with Gasteiger partial charge < -0.3 is 10.2 Å². The predicted octanol–water partition coefficient (Wildman–Crippen LogP) is 6.38. The van der Waals surface area contributed by atoms with Crippen molar-refractivity contribution in [2.24, 2.45) is 0 Å². The van der Waals surface area contributed by atoms with Crippen molar-refractivity contribution < 1.29 is 14.0 Å². The SMILES string of the molecule is CC[C@@H](C)NC(=O)[C@@H](Cc1ccccc1)N(Cc1ccc(Br)cc1)C(=O)CSCc1ccc(F)cc1. The van der Waals surface area contributed by atoms with Crippen molar-refractivity contribution in [3.63, 3.8) is 0 Å². The second-order valence-electron chi connectivity index (χ2n) is 8.79. The van der Waals surface area contributed by atoms with E-state index in [1.54, 1.807) is 17.0 Å². The molecule has 7 heteroatoms. The highest BCUT2D eigenvalue weighted by Gasteiger charge is 2.30. The van der Waals surface area contributed by atoms with E-state index >= 15 is 0 Å². The molecule has 0 aliphatic heterocycles. The summed E-state index contributed by atoms with van der Waals surface area (Å²) in [5.41, 5.74) is 2.89. The van der Waals surface area contributed by atoms with Gasteiger partial charge in [0.05, 0.1) is 5.75 Å². The lowest BCUT2D eigenvalue weighted by atomic mass is 10.0. The second-order valence-corrected chi connectivity index (χ2v) is 10.7. The van der Waals surface area contributed by atoms with Crippen molar-refractivity contribution in [1.82, 2.24) is 10.2 Å². The Morgan fingerprint density at radius 1 is 0.944 bits per heavy atom. The minimum absolute atomic E-state index is 0.00765. The first-order valence-electron chi connectivity index (χ1n) is 12.1. The number of hydrogen-bond donors (Lipinski definition) is 1. The Labute approximate surface area is 225 Å². The molecule has 0 radical (unpaired) electrons. The maximum Gasteiger partial charge on any atom is 0.243 e. The fourth-order valence-corrected chi connectivity index (χ4v) is 4.84. The number of carbonyl (C=O) groups excluding carboxylic acids is 2. The molecule has 0 saturated heterocycles. The third kappa shape index (κ3) is 8.79. The summed E-state index contributed by atoms with van der Waals surface area (Å²) in [6, 6.07) is 23.2. The maximum absolute atomic E-state index is 13.6. The average molecular weight is 572 g/mol. The normalized spacial score (nSPS) is 12.6. The summed E-state index contributed by atoms with van der Waals surface area (Å²) < 4.78 is 14.2. The van der Waals surface area contributed by atoms with Crippen LogP contribution in [0.5, 0.6) is 0 Å². The summed E-state index contributed by atoms with van der Waals surface area (Å²) in [7, 11) is 0. The number of halogens is 2. The third-order valence-corrected chi connectivity index (χ3v) is 7.46. The van der Waals surface area contributed by atoms with E-state index < -0.39 is 6.04 Å². The van der Waals surface area contributed by atoms with Crippen LogP contribution in [0.25, 0.3) is 0 Å². The monoisotopic (exact) mass is 570 g/mol. The van der Waals surface area contributed by atoms with Crippen molar-refractivity contribution in [1.29, 1.82) is 0 Å². The quantitative estimate of drug-likeness (QED) is 0.275. The molecule has 0 unspecified atom stereocenters. The molecule has 0 fully saturated rings. The molecule has 0 aliphatic rings. The first kappa shape index (κ1) is 27.9. The zero-order chi connectivity index (χ0) is 25.9. The molecule has 2 atom stereocenters. The van der Waals surface area contributed by atoms with E-state index in [0.717, 1.165) is 27.6 Å². The summed E-state index contributed by atoms with van der Waals surface area (Å²) in [5.74, 6) is 0.264. The lowest BCUT2D eigenvalue weighted by Gasteiger charge is -2.32. The molecule has 1 N–H and O–H groups in total. The van der Waals surface area contributed by atoms with Crippen LogP contribution in [0, 0.1) is 5.82 Å². The van der Waals surface area contributed by atoms with Gasteiger partial charge in [0.2, 0.25) is 11.8 Å². The van der Waals surface area contributed by atoms with Crippen LogP contribution < -0.4 is 5.32 Å². The fraction of sp³-hybridized carbons (Fsp3) is 0.310. The van der Waals surface area contributed by atoms with E-state index in [4.69, 9.17) is 0 Å². The predicted molar refractivity (Wildman–Crippen MR) is 149 cm³/mol. The molecule has 3 aromatic rings. The van der Waals surface area contributed by atoms with Crippen LogP contribution in [0.15, 0.2) is 83.3 Å². The Hall–Kier alpha value is -2.64. The van der Waals surface area contributed by atoms with Crippen LogP contribution >= 0.6 is 27.7 Å². The Morgan fingerprint density at radius 2 is 1.58 bits per heavy atom. The summed E-state index contributed by atoms with van der Waals surface area (Å²) in [5, 5.41) is 3.08. The van der Waals surface area contributed by atoms with Crippen molar-refractivity contribution in [3.05, 3.63) is 106 Å². The van der Waals surface area contributed by atoms with Gasteiger partial charge in [-0.3, -0.25) is 9.59 Å². The topological polar surface area (TPSA) is 49.4 Å². The standard InChI is InChI=1S/C29H32BrFN2O2S/c1-3-21(2)32-29(35)27(17-22-7-5-4-6-8-22)33(18-23-9-13-25(30)14-10-23)28(34)20-36-19-24-11-15-26(31)16-12-24/h4-16,21,27H,3,17-20H2,1-2H3,(H,32,35)/t21-,27-/m1/s1. The smallest absolute Gasteiger partial charge is 0.243 e. The lowest BCUT2D eigenvalue weighted by Crippen LogP contribution is -2.52. The first-order valence-corrected chi connectivity index (χ1v) is 14.0. The third-order valence-electron chi connectivity index (χ3n) is 5.95. The molecule has 3 rings (SSSR count). The highest BCUT2D eigenvalue weighted by molar-refractivity contribution is 9.10. The fourth-order valence-electron chi connectivity index (χ4n) is 3.70. The van der Waals surface area contributed by atoms with Crippen LogP contribution in [-0.4, -0.2) is 34.6 Å². The van der Waals surface area contributed by atoms with Crippen molar-refractivity contribution in [3.8, 4) is 0 Å². The number of amides is 2. The number of carbonyl (C=O) groups is 2. The van der Waals surface area contributed by atoms with Gasteiger partial charge >= 0.3 is 0 Å². The van der Waals surface area contributed by atoms with Crippen LogP contribution in [-0.2, 0) is 28.3 Å². The van der Waals surface area contributed by atoms with Crippen LogP contribution in [0.4, 0.5) is 4.39 Å². The Morgan fingerprint density at radius 3 is 2.22 bits per heavy atom. The summed E-state index contributed by atoms with van der Waals surface area (Å²) in [6.07, 6.45) is 1.23. The Kier molecular flexibility index (Phi) is 11.0. The van der Waals surface area contributed by atoms with Gasteiger partial charge in [0.15, 0.2) is 0 Å². The van der Waals surface area contributed by atoms with Gasteiger partial charge in [0.1, 0.15) is 11.9 Å². The maximum atomic E-state index is 13.6. The number of rotatable bonds is 12. The number of thioether (sulfide) groups is 1. The molecule has 36 heavy (non-hydrogen) atoms. The molecule has 0 bridgehead atoms. The molecule has 2 amide bonds. The summed E-state index contributed by atoms with van der Waals surface area (Å²) >= 11 is 4.92. The minimum atomic E-state index is -0.649. The highest BCUT2D eigenvalue weighted by Crippen LogP contribution is 2.20. The Bertz CT molecular complexity index is 1110. The second kappa shape index (κ2) is 14.2. The van der Waals surface area contributed by atoms with Crippen LogP contribution in [0.2, 0.25) is 0 Å². The summed E-state index contributed by atoms with van der Waals surface area (Å²) in [6.45, 7) is 4.32. The van der Waals surface area contributed by atoms with Gasteiger partial charge in [-0.05, 0) is 54.3 Å². The molecular weight excluding hydrogens is 539 g/mol. The Balaban J connectivity index is 1.84. The number of benzene rings is 3. The molecule has 0 aliphatic carbocycles. The van der Waals surface area contributed by atoms with Crippen molar-refractivity contribution >= 4 is 39.5 Å². The molecule has 0 aromatic heterocycles. The zero-order valence-corrected chi connectivity index (χ0v) is 23.0. The number of nitrogens with zero attached hydrogens (tertiary/aromatic N) is 1. The number of nitrogens with one attached hydrogen (secondary N) is 1. The number of hydrogen-bond acceptors (Lipinski definition) is 3. The van der Waals surface area contributed by atoms with Crippen LogP contribution in [0.1, 0.15) is 37.0 Å². The molecule has 3 aromatic carbocycles. The molecular formula is C29H32BrFN2O2S. The highest BCUT2D eigenvalue weighted by atomic mass is 79.9. The largest absolute Gasteiger partial charge is 0.352 e. The average Bonchev–Trinajstić information content (AvgIpc) is 2.88.